The van der Waals surface area contributed by atoms with Crippen LogP contribution < -0.4 is 10.1 Å². The molecule has 1 N–H and O–H groups in total. The van der Waals surface area contributed by atoms with Crippen LogP contribution in [0.2, 0.25) is 0 Å². The van der Waals surface area contributed by atoms with Crippen LogP contribution in [0.15, 0.2) is 23.1 Å². The van der Waals surface area contributed by atoms with Gasteiger partial charge in [-0.15, -0.1) is 0 Å². The first-order chi connectivity index (χ1) is 13.0. The molecule has 1 fully saturated rings. The number of carbonyl (C=O) groups excluding carboxylic acids is 2. The maximum Gasteiger partial charge on any atom is 0.410 e. The van der Waals surface area contributed by atoms with Crippen molar-refractivity contribution < 1.29 is 27.5 Å². The van der Waals surface area contributed by atoms with Crippen LogP contribution in [0.4, 0.5) is 10.5 Å². The predicted octanol–water partition coefficient (Wildman–Crippen LogP) is 1.65. The number of amides is 2. The highest BCUT2D eigenvalue weighted by Gasteiger charge is 2.33. The van der Waals surface area contributed by atoms with Gasteiger partial charge in [-0.25, -0.2) is 13.2 Å². The van der Waals surface area contributed by atoms with E-state index in [1.165, 1.54) is 27.4 Å². The lowest BCUT2D eigenvalue weighted by Crippen LogP contribution is -2.51. The number of nitrogens with zero attached hydrogens (tertiary/aromatic N) is 2. The molecule has 0 spiro atoms. The molecule has 0 aliphatic carbocycles. The van der Waals surface area contributed by atoms with Crippen molar-refractivity contribution in [1.82, 2.24) is 9.21 Å². The van der Waals surface area contributed by atoms with Crippen LogP contribution in [0.3, 0.4) is 0 Å². The van der Waals surface area contributed by atoms with Crippen LogP contribution in [0, 0.1) is 0 Å². The molecule has 0 saturated carbocycles. The molecule has 1 aromatic carbocycles. The van der Waals surface area contributed by atoms with Gasteiger partial charge < -0.3 is 19.7 Å². The average molecular weight is 411 g/mol. The highest BCUT2D eigenvalue weighted by Crippen LogP contribution is 2.33. The first kappa shape index (κ1) is 20.4. The molecule has 2 aliphatic rings. The number of sulfonamides is 1. The smallest absolute Gasteiger partial charge is 0.410 e. The average Bonchev–Trinajstić information content (AvgIpc) is 2.61. The molecule has 1 aromatic rings. The largest absolute Gasteiger partial charge is 0.479 e. The molecule has 10 heteroatoms. The lowest BCUT2D eigenvalue weighted by Gasteiger charge is -2.35. The topological polar surface area (TPSA) is 105 Å². The summed E-state index contributed by atoms with van der Waals surface area (Å²) in [5, 5.41) is 2.65. The van der Waals surface area contributed by atoms with E-state index >= 15 is 0 Å². The number of hydrogen-bond donors (Lipinski definition) is 1. The zero-order valence-corrected chi connectivity index (χ0v) is 17.2. The van der Waals surface area contributed by atoms with E-state index in [1.807, 2.05) is 0 Å². The number of benzene rings is 1. The number of carbonyl (C=O) groups is 2. The molecule has 2 heterocycles. The van der Waals surface area contributed by atoms with Gasteiger partial charge in [0.15, 0.2) is 6.10 Å². The van der Waals surface area contributed by atoms with Gasteiger partial charge in [0.2, 0.25) is 10.0 Å². The minimum atomic E-state index is -3.76. The minimum absolute atomic E-state index is 0.0652. The molecule has 9 nitrogen and oxygen atoms in total. The van der Waals surface area contributed by atoms with Crippen molar-refractivity contribution in [2.45, 2.75) is 44.3 Å². The van der Waals surface area contributed by atoms with Crippen molar-refractivity contribution in [2.75, 3.05) is 31.5 Å². The van der Waals surface area contributed by atoms with Gasteiger partial charge >= 0.3 is 6.09 Å². The fourth-order valence-electron chi connectivity index (χ4n) is 2.93. The summed E-state index contributed by atoms with van der Waals surface area (Å²) in [4.78, 5) is 25.5. The molecule has 154 valence electrons. The summed E-state index contributed by atoms with van der Waals surface area (Å²) in [6, 6.07) is 4.39. The Morgan fingerprint density at radius 1 is 1.21 bits per heavy atom. The highest BCUT2D eigenvalue weighted by atomic mass is 32.2. The maximum absolute atomic E-state index is 13.0. The van der Waals surface area contributed by atoms with Crippen LogP contribution in [0.1, 0.15) is 27.7 Å². The van der Waals surface area contributed by atoms with Crippen LogP contribution in [0.5, 0.6) is 5.75 Å². The van der Waals surface area contributed by atoms with Gasteiger partial charge in [0.1, 0.15) is 11.4 Å². The van der Waals surface area contributed by atoms with Gasteiger partial charge in [0, 0.05) is 26.2 Å². The Hall–Kier alpha value is -2.33. The molecule has 1 atom stereocenters. The van der Waals surface area contributed by atoms with E-state index in [1.54, 1.807) is 27.7 Å². The summed E-state index contributed by atoms with van der Waals surface area (Å²) < 4.78 is 38.0. The predicted molar refractivity (Wildman–Crippen MR) is 102 cm³/mol. The second-order valence-electron chi connectivity index (χ2n) is 7.78. The number of nitrogens with one attached hydrogen (secondary N) is 1. The number of fused-ring (bicyclic) bond motifs is 1. The Kier molecular flexibility index (Phi) is 5.28. The van der Waals surface area contributed by atoms with Crippen molar-refractivity contribution in [2.24, 2.45) is 0 Å². The minimum Gasteiger partial charge on any atom is -0.479 e. The van der Waals surface area contributed by atoms with E-state index < -0.39 is 27.8 Å². The lowest BCUT2D eigenvalue weighted by atomic mass is 10.2. The lowest BCUT2D eigenvalue weighted by molar-refractivity contribution is -0.122. The summed E-state index contributed by atoms with van der Waals surface area (Å²) in [5.74, 6) is 0.105. The highest BCUT2D eigenvalue weighted by molar-refractivity contribution is 7.89. The van der Waals surface area contributed by atoms with E-state index in [-0.39, 0.29) is 37.0 Å². The Balaban J connectivity index is 1.70. The zero-order valence-electron chi connectivity index (χ0n) is 16.4. The standard InChI is InChI=1S/C18H25N3O6S/c1-12-16(22)19-14-11-13(5-6-15(14)26-12)28(24,25)21-9-7-20(8-10-21)17(23)27-18(2,3)4/h5-6,11-12H,7-10H2,1-4H3,(H,19,22). The maximum atomic E-state index is 13.0. The van der Waals surface area contributed by atoms with E-state index in [9.17, 15) is 18.0 Å². The van der Waals surface area contributed by atoms with E-state index in [4.69, 9.17) is 9.47 Å². The quantitative estimate of drug-likeness (QED) is 0.793. The van der Waals surface area contributed by atoms with Gasteiger partial charge in [-0.3, -0.25) is 4.79 Å². The summed E-state index contributed by atoms with van der Waals surface area (Å²) in [6.45, 7) is 7.79. The van der Waals surface area contributed by atoms with Gasteiger partial charge in [-0.2, -0.15) is 4.31 Å². The molecule has 2 aliphatic heterocycles. The SMILES string of the molecule is CC1Oc2ccc(S(=O)(=O)N3CCN(C(=O)OC(C)(C)C)CC3)cc2NC1=O. The Bertz CT molecular complexity index is 885. The number of anilines is 1. The summed E-state index contributed by atoms with van der Waals surface area (Å²) in [6.07, 6.45) is -1.08. The van der Waals surface area contributed by atoms with Gasteiger partial charge in [0.25, 0.3) is 5.91 Å². The normalized spacial score (nSPS) is 20.8. The van der Waals surface area contributed by atoms with Gasteiger partial charge in [-0.05, 0) is 45.9 Å². The molecule has 3 rings (SSSR count). The first-order valence-electron chi connectivity index (χ1n) is 9.07. The molecule has 1 saturated heterocycles. The molecule has 0 radical (unpaired) electrons. The Morgan fingerprint density at radius 3 is 2.46 bits per heavy atom. The fraction of sp³-hybridized carbons (Fsp3) is 0.556. The summed E-state index contributed by atoms with van der Waals surface area (Å²) >= 11 is 0. The van der Waals surface area contributed by atoms with Crippen molar-refractivity contribution in [1.29, 1.82) is 0 Å². The number of ether oxygens (including phenoxy) is 2. The summed E-state index contributed by atoms with van der Waals surface area (Å²) in [7, 11) is -3.76. The molecule has 28 heavy (non-hydrogen) atoms. The second-order valence-corrected chi connectivity index (χ2v) is 9.72. The first-order valence-corrected chi connectivity index (χ1v) is 10.5. The Labute approximate surface area is 164 Å². The number of hydrogen-bond acceptors (Lipinski definition) is 6. The monoisotopic (exact) mass is 411 g/mol. The van der Waals surface area contributed by atoms with Crippen molar-refractivity contribution in [3.63, 3.8) is 0 Å². The van der Waals surface area contributed by atoms with Gasteiger partial charge in [-0.1, -0.05) is 0 Å². The second kappa shape index (κ2) is 7.25. The third-order valence-electron chi connectivity index (χ3n) is 4.41. The fourth-order valence-corrected chi connectivity index (χ4v) is 4.38. The molecule has 0 aromatic heterocycles. The summed E-state index contributed by atoms with van der Waals surface area (Å²) in [5.41, 5.74) is -0.274. The van der Waals surface area contributed by atoms with Crippen LogP contribution in [-0.4, -0.2) is 67.5 Å². The van der Waals surface area contributed by atoms with Crippen molar-refractivity contribution in [3.05, 3.63) is 18.2 Å². The van der Waals surface area contributed by atoms with Crippen molar-refractivity contribution >= 4 is 27.7 Å². The molecule has 0 bridgehead atoms. The number of piperazine rings is 1. The zero-order chi connectivity index (χ0) is 20.7. The van der Waals surface area contributed by atoms with Gasteiger partial charge in [0.05, 0.1) is 10.6 Å². The third kappa shape index (κ3) is 4.22. The van der Waals surface area contributed by atoms with E-state index in [2.05, 4.69) is 5.32 Å². The molecule has 1 unspecified atom stereocenters. The van der Waals surface area contributed by atoms with E-state index in [0.717, 1.165) is 0 Å². The molecule has 2 amide bonds. The molecular formula is C18H25N3O6S. The van der Waals surface area contributed by atoms with Crippen LogP contribution >= 0.6 is 0 Å². The van der Waals surface area contributed by atoms with Crippen molar-refractivity contribution in [3.8, 4) is 5.75 Å². The Morgan fingerprint density at radius 2 is 1.86 bits per heavy atom. The third-order valence-corrected chi connectivity index (χ3v) is 6.30. The van der Waals surface area contributed by atoms with Crippen LogP contribution in [0.25, 0.3) is 0 Å². The molecular weight excluding hydrogens is 386 g/mol. The number of rotatable bonds is 2. The van der Waals surface area contributed by atoms with Crippen LogP contribution in [-0.2, 0) is 19.6 Å². The van der Waals surface area contributed by atoms with E-state index in [0.29, 0.717) is 11.4 Å².